The molecule has 0 radical (unpaired) electrons. The van der Waals surface area contributed by atoms with Crippen LogP contribution >= 0.6 is 11.8 Å². The number of aliphatic hydroxyl groups is 1. The minimum Gasteiger partial charge on any atom is -0.494 e. The van der Waals surface area contributed by atoms with Crippen LogP contribution in [0.5, 0.6) is 5.75 Å². The monoisotopic (exact) mass is 370 g/mol. The van der Waals surface area contributed by atoms with Crippen LogP contribution in [0.2, 0.25) is 0 Å². The van der Waals surface area contributed by atoms with E-state index in [1.165, 1.54) is 27.8 Å². The fourth-order valence-electron chi connectivity index (χ4n) is 3.75. The molecule has 1 saturated heterocycles. The van der Waals surface area contributed by atoms with Gasteiger partial charge in [-0.15, -0.1) is 11.8 Å². The molecule has 2 aromatic carbocycles. The largest absolute Gasteiger partial charge is 0.494 e. The lowest BCUT2D eigenvalue weighted by Crippen LogP contribution is -2.25. The minimum absolute atomic E-state index is 0.193. The molecule has 1 aliphatic rings. The van der Waals surface area contributed by atoms with E-state index in [4.69, 9.17) is 4.74 Å². The Kier molecular flexibility index (Phi) is 6.31. The van der Waals surface area contributed by atoms with E-state index >= 15 is 0 Å². The van der Waals surface area contributed by atoms with Gasteiger partial charge in [-0.3, -0.25) is 0 Å². The number of thioether (sulfide) groups is 1. The normalized spacial score (nSPS) is 23.0. The molecule has 0 aliphatic carbocycles. The highest BCUT2D eigenvalue weighted by Gasteiger charge is 2.30. The molecule has 3 heteroatoms. The van der Waals surface area contributed by atoms with Gasteiger partial charge in [-0.05, 0) is 80.0 Å². The number of aryl methyl sites for hydroxylation is 2. The fourth-order valence-corrected chi connectivity index (χ4v) is 5.24. The van der Waals surface area contributed by atoms with E-state index in [2.05, 4.69) is 45.0 Å². The molecule has 0 aromatic heterocycles. The Morgan fingerprint density at radius 2 is 1.81 bits per heavy atom. The number of hydrogen-bond donors (Lipinski definition) is 1. The van der Waals surface area contributed by atoms with E-state index in [1.54, 1.807) is 0 Å². The lowest BCUT2D eigenvalue weighted by molar-refractivity contribution is 0.153. The van der Waals surface area contributed by atoms with Crippen molar-refractivity contribution < 1.29 is 9.84 Å². The van der Waals surface area contributed by atoms with Crippen molar-refractivity contribution in [2.45, 2.75) is 63.6 Å². The molecule has 0 spiro atoms. The standard InChI is InChI=1S/C23H30O2S/c1-5-25-20-9-7-18(8-10-20)13-19-14-21(16(3)12-15(19)2)23-22(24)11-6-17(4)26-23/h7-10,12,14,17,22-24H,5-6,11,13H2,1-4H3. The topological polar surface area (TPSA) is 29.5 Å². The second-order valence-corrected chi connectivity index (χ2v) is 8.99. The Balaban J connectivity index is 1.85. The van der Waals surface area contributed by atoms with Gasteiger partial charge < -0.3 is 9.84 Å². The molecule has 3 atom stereocenters. The van der Waals surface area contributed by atoms with Gasteiger partial charge in [-0.1, -0.05) is 31.2 Å². The van der Waals surface area contributed by atoms with Crippen molar-refractivity contribution >= 4 is 11.8 Å². The van der Waals surface area contributed by atoms with Crippen LogP contribution in [0.1, 0.15) is 59.8 Å². The van der Waals surface area contributed by atoms with Crippen LogP contribution in [0.25, 0.3) is 0 Å². The van der Waals surface area contributed by atoms with Gasteiger partial charge in [-0.2, -0.15) is 0 Å². The fraction of sp³-hybridized carbons (Fsp3) is 0.478. The van der Waals surface area contributed by atoms with Gasteiger partial charge in [0.1, 0.15) is 5.75 Å². The summed E-state index contributed by atoms with van der Waals surface area (Å²) in [6.07, 6.45) is 2.68. The molecular formula is C23H30O2S. The third-order valence-electron chi connectivity index (χ3n) is 5.26. The number of ether oxygens (including phenoxy) is 1. The van der Waals surface area contributed by atoms with Crippen molar-refractivity contribution in [3.63, 3.8) is 0 Å². The maximum Gasteiger partial charge on any atom is 0.119 e. The Hall–Kier alpha value is -1.45. The third-order valence-corrected chi connectivity index (χ3v) is 6.82. The predicted molar refractivity (Wildman–Crippen MR) is 111 cm³/mol. The zero-order valence-corrected chi connectivity index (χ0v) is 17.1. The first-order valence-electron chi connectivity index (χ1n) is 9.63. The lowest BCUT2D eigenvalue weighted by atomic mass is 9.91. The molecule has 1 heterocycles. The number of rotatable bonds is 5. The van der Waals surface area contributed by atoms with Crippen LogP contribution in [-0.2, 0) is 6.42 Å². The van der Waals surface area contributed by atoms with Crippen molar-refractivity contribution in [3.05, 3.63) is 64.2 Å². The van der Waals surface area contributed by atoms with Gasteiger partial charge in [0.05, 0.1) is 18.0 Å². The zero-order chi connectivity index (χ0) is 18.7. The molecule has 1 aliphatic heterocycles. The van der Waals surface area contributed by atoms with Gasteiger partial charge in [0.15, 0.2) is 0 Å². The van der Waals surface area contributed by atoms with Crippen molar-refractivity contribution in [1.82, 2.24) is 0 Å². The van der Waals surface area contributed by atoms with Gasteiger partial charge >= 0.3 is 0 Å². The lowest BCUT2D eigenvalue weighted by Gasteiger charge is -2.33. The third kappa shape index (κ3) is 4.44. The average Bonchev–Trinajstić information content (AvgIpc) is 2.61. The van der Waals surface area contributed by atoms with Crippen molar-refractivity contribution in [3.8, 4) is 5.75 Å². The molecule has 1 fully saturated rings. The Morgan fingerprint density at radius 1 is 1.08 bits per heavy atom. The SMILES string of the molecule is CCOc1ccc(Cc2cc(C3SC(C)CCC3O)c(C)cc2C)cc1. The maximum atomic E-state index is 10.6. The summed E-state index contributed by atoms with van der Waals surface area (Å²) in [6, 6.07) is 13.0. The van der Waals surface area contributed by atoms with Gasteiger partial charge in [0.2, 0.25) is 0 Å². The maximum absolute atomic E-state index is 10.6. The first-order chi connectivity index (χ1) is 12.5. The van der Waals surface area contributed by atoms with E-state index in [1.807, 2.05) is 30.8 Å². The van der Waals surface area contributed by atoms with Crippen LogP contribution in [0, 0.1) is 13.8 Å². The Labute approximate surface area is 162 Å². The number of benzene rings is 2. The summed E-state index contributed by atoms with van der Waals surface area (Å²) in [5.74, 6) is 0.924. The first kappa shape index (κ1) is 19.3. The molecule has 140 valence electrons. The summed E-state index contributed by atoms with van der Waals surface area (Å²) < 4.78 is 5.54. The molecule has 0 amide bonds. The summed E-state index contributed by atoms with van der Waals surface area (Å²) >= 11 is 1.92. The average molecular weight is 371 g/mol. The second kappa shape index (κ2) is 8.49. The van der Waals surface area contributed by atoms with Crippen LogP contribution in [0.4, 0.5) is 0 Å². The van der Waals surface area contributed by atoms with Crippen LogP contribution in [0.15, 0.2) is 36.4 Å². The van der Waals surface area contributed by atoms with Gasteiger partial charge in [-0.25, -0.2) is 0 Å². The summed E-state index contributed by atoms with van der Waals surface area (Å²) in [7, 11) is 0. The van der Waals surface area contributed by atoms with Gasteiger partial charge in [0.25, 0.3) is 0 Å². The molecule has 3 unspecified atom stereocenters. The first-order valence-corrected chi connectivity index (χ1v) is 10.6. The summed E-state index contributed by atoms with van der Waals surface area (Å²) in [5, 5.41) is 11.4. The van der Waals surface area contributed by atoms with E-state index < -0.39 is 0 Å². The molecule has 1 N–H and O–H groups in total. The van der Waals surface area contributed by atoms with Crippen molar-refractivity contribution in [2.75, 3.05) is 6.61 Å². The smallest absolute Gasteiger partial charge is 0.119 e. The molecule has 3 rings (SSSR count). The molecule has 2 nitrogen and oxygen atoms in total. The van der Waals surface area contributed by atoms with E-state index in [0.29, 0.717) is 11.9 Å². The van der Waals surface area contributed by atoms with Crippen molar-refractivity contribution in [1.29, 1.82) is 0 Å². The highest BCUT2D eigenvalue weighted by atomic mass is 32.2. The number of aliphatic hydroxyl groups excluding tert-OH is 1. The summed E-state index contributed by atoms with van der Waals surface area (Å²) in [4.78, 5) is 0. The number of hydrogen-bond acceptors (Lipinski definition) is 3. The highest BCUT2D eigenvalue weighted by Crippen LogP contribution is 2.44. The summed E-state index contributed by atoms with van der Waals surface area (Å²) in [6.45, 7) is 9.33. The summed E-state index contributed by atoms with van der Waals surface area (Å²) in [5.41, 5.74) is 6.56. The van der Waals surface area contributed by atoms with E-state index in [-0.39, 0.29) is 11.4 Å². The highest BCUT2D eigenvalue weighted by molar-refractivity contribution is 8.00. The molecule has 0 bridgehead atoms. The molecule has 2 aromatic rings. The second-order valence-electron chi connectivity index (χ2n) is 7.40. The van der Waals surface area contributed by atoms with Crippen LogP contribution in [-0.4, -0.2) is 23.1 Å². The predicted octanol–water partition coefficient (Wildman–Crippen LogP) is 5.61. The molecule has 26 heavy (non-hydrogen) atoms. The van der Waals surface area contributed by atoms with Crippen LogP contribution < -0.4 is 4.74 Å². The Morgan fingerprint density at radius 3 is 2.50 bits per heavy atom. The quantitative estimate of drug-likeness (QED) is 0.742. The zero-order valence-electron chi connectivity index (χ0n) is 16.3. The molecular weight excluding hydrogens is 340 g/mol. The van der Waals surface area contributed by atoms with Crippen molar-refractivity contribution in [2.24, 2.45) is 0 Å². The van der Waals surface area contributed by atoms with E-state index in [9.17, 15) is 5.11 Å². The van der Waals surface area contributed by atoms with E-state index in [0.717, 1.165) is 25.0 Å². The van der Waals surface area contributed by atoms with Crippen LogP contribution in [0.3, 0.4) is 0 Å². The molecule has 0 saturated carbocycles. The Bertz CT molecular complexity index is 739. The van der Waals surface area contributed by atoms with Gasteiger partial charge in [0, 0.05) is 5.25 Å². The minimum atomic E-state index is -0.240.